The highest BCUT2D eigenvalue weighted by molar-refractivity contribution is 7.92. The van der Waals surface area contributed by atoms with Crippen molar-refractivity contribution in [3.05, 3.63) is 64.9 Å². The predicted molar refractivity (Wildman–Crippen MR) is 140 cm³/mol. The van der Waals surface area contributed by atoms with E-state index in [1.54, 1.807) is 0 Å². The van der Waals surface area contributed by atoms with Crippen LogP contribution in [0.3, 0.4) is 0 Å². The standard InChI is InChI=1S/C26H33ClFN3O4S/c1-3-24(26(33)29-20-12-8-5-9-13-20)30(17-19-10-6-4-7-11-19)25(32)18-31(36(2,34)35)21-14-15-23(28)22(27)16-21/h4,6-7,10-11,14-16,20,24H,3,5,8-9,12-13,17-18H2,1-2H3,(H,29,33). The van der Waals surface area contributed by atoms with E-state index in [4.69, 9.17) is 11.6 Å². The fourth-order valence-corrected chi connectivity index (χ4v) is 5.51. The molecule has 2 amide bonds. The van der Waals surface area contributed by atoms with Crippen molar-refractivity contribution in [3.8, 4) is 0 Å². The van der Waals surface area contributed by atoms with Crippen molar-refractivity contribution < 1.29 is 22.4 Å². The second-order valence-electron chi connectivity index (χ2n) is 9.14. The van der Waals surface area contributed by atoms with Crippen molar-refractivity contribution in [3.63, 3.8) is 0 Å². The van der Waals surface area contributed by atoms with Gasteiger partial charge in [-0.1, -0.05) is 68.1 Å². The number of nitrogens with zero attached hydrogens (tertiary/aromatic N) is 2. The molecule has 1 aliphatic carbocycles. The van der Waals surface area contributed by atoms with E-state index < -0.39 is 34.3 Å². The minimum Gasteiger partial charge on any atom is -0.352 e. The Bertz CT molecular complexity index is 1160. The van der Waals surface area contributed by atoms with Gasteiger partial charge < -0.3 is 10.2 Å². The summed E-state index contributed by atoms with van der Waals surface area (Å²) in [5.74, 6) is -1.49. The van der Waals surface area contributed by atoms with E-state index in [1.165, 1.54) is 17.0 Å². The Morgan fingerprint density at radius 2 is 1.78 bits per heavy atom. The summed E-state index contributed by atoms with van der Waals surface area (Å²) in [4.78, 5) is 28.4. The van der Waals surface area contributed by atoms with Crippen LogP contribution in [0.25, 0.3) is 0 Å². The summed E-state index contributed by atoms with van der Waals surface area (Å²) < 4.78 is 39.8. The third-order valence-corrected chi connectivity index (χ3v) is 7.83. The number of halogens is 2. The van der Waals surface area contributed by atoms with Crippen LogP contribution in [0.15, 0.2) is 48.5 Å². The van der Waals surface area contributed by atoms with Gasteiger partial charge >= 0.3 is 0 Å². The highest BCUT2D eigenvalue weighted by Crippen LogP contribution is 2.25. The first-order valence-electron chi connectivity index (χ1n) is 12.2. The smallest absolute Gasteiger partial charge is 0.244 e. The first-order valence-corrected chi connectivity index (χ1v) is 14.4. The average molecular weight is 538 g/mol. The Morgan fingerprint density at radius 3 is 2.36 bits per heavy atom. The second-order valence-corrected chi connectivity index (χ2v) is 11.5. The normalized spacial score (nSPS) is 15.2. The lowest BCUT2D eigenvalue weighted by Crippen LogP contribution is -2.53. The number of amides is 2. The SMILES string of the molecule is CCC(C(=O)NC1CCCCC1)N(Cc1ccccc1)C(=O)CN(c1ccc(F)c(Cl)c1)S(C)(=O)=O. The monoisotopic (exact) mass is 537 g/mol. The summed E-state index contributed by atoms with van der Waals surface area (Å²) in [6, 6.07) is 12.0. The molecule has 0 bridgehead atoms. The number of hydrogen-bond acceptors (Lipinski definition) is 4. The van der Waals surface area contributed by atoms with E-state index in [9.17, 15) is 22.4 Å². The molecule has 0 aliphatic heterocycles. The molecule has 1 aliphatic rings. The summed E-state index contributed by atoms with van der Waals surface area (Å²) in [6.45, 7) is 1.41. The predicted octanol–water partition coefficient (Wildman–Crippen LogP) is 4.50. The maximum absolute atomic E-state index is 13.7. The van der Waals surface area contributed by atoms with Gasteiger partial charge in [-0.2, -0.15) is 0 Å². The Balaban J connectivity index is 1.90. The molecule has 7 nitrogen and oxygen atoms in total. The molecule has 0 spiro atoms. The molecule has 1 atom stereocenters. The van der Waals surface area contributed by atoms with Gasteiger partial charge in [-0.15, -0.1) is 0 Å². The summed E-state index contributed by atoms with van der Waals surface area (Å²) in [7, 11) is -3.92. The Labute approximate surface area is 217 Å². The van der Waals surface area contributed by atoms with Crippen LogP contribution in [0.5, 0.6) is 0 Å². The van der Waals surface area contributed by atoms with Gasteiger partial charge in [0.25, 0.3) is 0 Å². The molecule has 1 unspecified atom stereocenters. The Morgan fingerprint density at radius 1 is 1.11 bits per heavy atom. The van der Waals surface area contributed by atoms with E-state index in [-0.39, 0.29) is 29.2 Å². The molecule has 36 heavy (non-hydrogen) atoms. The van der Waals surface area contributed by atoms with Gasteiger partial charge in [-0.05, 0) is 43.0 Å². The topological polar surface area (TPSA) is 86.8 Å². The maximum atomic E-state index is 13.7. The van der Waals surface area contributed by atoms with Gasteiger partial charge in [0.05, 0.1) is 17.0 Å². The molecule has 0 saturated heterocycles. The van der Waals surface area contributed by atoms with Gasteiger partial charge in [0, 0.05) is 12.6 Å². The van der Waals surface area contributed by atoms with E-state index in [0.717, 1.165) is 54.3 Å². The molecule has 0 radical (unpaired) electrons. The van der Waals surface area contributed by atoms with Crippen molar-refractivity contribution >= 4 is 39.1 Å². The van der Waals surface area contributed by atoms with Gasteiger partial charge in [-0.3, -0.25) is 13.9 Å². The van der Waals surface area contributed by atoms with Crippen LogP contribution >= 0.6 is 11.6 Å². The van der Waals surface area contributed by atoms with Gasteiger partial charge in [-0.25, -0.2) is 12.8 Å². The van der Waals surface area contributed by atoms with Crippen molar-refractivity contribution in [2.45, 2.75) is 64.1 Å². The zero-order valence-corrected chi connectivity index (χ0v) is 22.2. The molecule has 10 heteroatoms. The quantitative estimate of drug-likeness (QED) is 0.483. The van der Waals surface area contributed by atoms with Crippen LogP contribution in [0.1, 0.15) is 51.0 Å². The number of anilines is 1. The second kappa shape index (κ2) is 12.5. The lowest BCUT2D eigenvalue weighted by atomic mass is 9.95. The number of rotatable bonds is 10. The molecule has 2 aromatic rings. The largest absolute Gasteiger partial charge is 0.352 e. The first kappa shape index (κ1) is 27.9. The molecular weight excluding hydrogens is 505 g/mol. The van der Waals surface area contributed by atoms with E-state index in [1.807, 2.05) is 37.3 Å². The highest BCUT2D eigenvalue weighted by atomic mass is 35.5. The molecule has 0 aromatic heterocycles. The number of carbonyl (C=O) groups is 2. The fraction of sp³-hybridized carbons (Fsp3) is 0.462. The number of sulfonamides is 1. The first-order chi connectivity index (χ1) is 17.1. The minimum absolute atomic E-state index is 0.0663. The zero-order valence-electron chi connectivity index (χ0n) is 20.6. The summed E-state index contributed by atoms with van der Waals surface area (Å²) in [6.07, 6.45) is 6.39. The van der Waals surface area contributed by atoms with E-state index >= 15 is 0 Å². The van der Waals surface area contributed by atoms with Crippen LogP contribution in [0.2, 0.25) is 5.02 Å². The van der Waals surface area contributed by atoms with Crippen molar-refractivity contribution in [2.75, 3.05) is 17.1 Å². The third kappa shape index (κ3) is 7.43. The number of carbonyl (C=O) groups excluding carboxylic acids is 2. The molecular formula is C26H33ClFN3O4S. The molecule has 3 rings (SSSR count). The summed E-state index contributed by atoms with van der Waals surface area (Å²) in [5, 5.41) is 2.84. The van der Waals surface area contributed by atoms with Gasteiger partial charge in [0.2, 0.25) is 21.8 Å². The van der Waals surface area contributed by atoms with Gasteiger partial charge in [0.15, 0.2) is 0 Å². The van der Waals surface area contributed by atoms with Crippen molar-refractivity contribution in [1.82, 2.24) is 10.2 Å². The molecule has 1 fully saturated rings. The van der Waals surface area contributed by atoms with Crippen LogP contribution in [-0.4, -0.2) is 50.0 Å². The summed E-state index contributed by atoms with van der Waals surface area (Å²) in [5.41, 5.74) is 0.877. The minimum atomic E-state index is -3.92. The third-order valence-electron chi connectivity index (χ3n) is 6.40. The van der Waals surface area contributed by atoms with E-state index in [2.05, 4.69) is 5.32 Å². The maximum Gasteiger partial charge on any atom is 0.244 e. The lowest BCUT2D eigenvalue weighted by molar-refractivity contribution is -0.140. The number of benzene rings is 2. The average Bonchev–Trinajstić information content (AvgIpc) is 2.84. The van der Waals surface area contributed by atoms with E-state index in [0.29, 0.717) is 6.42 Å². The van der Waals surface area contributed by atoms with Crippen LogP contribution in [0.4, 0.5) is 10.1 Å². The summed E-state index contributed by atoms with van der Waals surface area (Å²) >= 11 is 5.88. The van der Waals surface area contributed by atoms with Crippen molar-refractivity contribution in [1.29, 1.82) is 0 Å². The van der Waals surface area contributed by atoms with Crippen LogP contribution in [0, 0.1) is 5.82 Å². The zero-order chi connectivity index (χ0) is 26.3. The molecule has 196 valence electrons. The molecule has 1 N–H and O–H groups in total. The van der Waals surface area contributed by atoms with Crippen LogP contribution < -0.4 is 9.62 Å². The van der Waals surface area contributed by atoms with Crippen LogP contribution in [-0.2, 0) is 26.2 Å². The fourth-order valence-electron chi connectivity index (χ4n) is 4.50. The molecule has 1 saturated carbocycles. The number of hydrogen-bond donors (Lipinski definition) is 1. The van der Waals surface area contributed by atoms with Crippen molar-refractivity contribution in [2.24, 2.45) is 0 Å². The Hall–Kier alpha value is -2.65. The molecule has 0 heterocycles. The van der Waals surface area contributed by atoms with Gasteiger partial charge in [0.1, 0.15) is 18.4 Å². The molecule has 2 aromatic carbocycles. The lowest BCUT2D eigenvalue weighted by Gasteiger charge is -2.34. The highest BCUT2D eigenvalue weighted by Gasteiger charge is 2.33. The number of nitrogens with one attached hydrogen (secondary N) is 1. The Kier molecular flexibility index (Phi) is 9.73.